The fraction of sp³-hybridized carbons (Fsp3) is 0.348. The second-order valence-corrected chi connectivity index (χ2v) is 8.24. The Morgan fingerprint density at radius 3 is 2.62 bits per heavy atom. The molecule has 5 rings (SSSR count). The molecule has 1 aromatic heterocycles. The topological polar surface area (TPSA) is 44.9 Å². The number of carbonyl (C=O) groups excluding carboxylic acids is 1. The Kier molecular flexibility index (Phi) is 3.46. The highest BCUT2D eigenvalue weighted by Gasteiger charge is 2.44. The first kappa shape index (κ1) is 15.7. The number of fused-ring (bicyclic) bond motifs is 1. The van der Waals surface area contributed by atoms with Crippen molar-refractivity contribution in [1.82, 2.24) is 10.3 Å². The van der Waals surface area contributed by atoms with Gasteiger partial charge in [0.25, 0.3) is 0 Å². The lowest BCUT2D eigenvalue weighted by Gasteiger charge is -2.08. The molecule has 0 saturated heterocycles. The number of amides is 1. The molecule has 0 spiro atoms. The second kappa shape index (κ2) is 5.73. The third-order valence-corrected chi connectivity index (χ3v) is 6.14. The first-order valence-corrected chi connectivity index (χ1v) is 9.57. The van der Waals surface area contributed by atoms with E-state index in [9.17, 15) is 4.79 Å². The average molecular weight is 344 g/mol. The van der Waals surface area contributed by atoms with Crippen LogP contribution in [0.2, 0.25) is 0 Å². The van der Waals surface area contributed by atoms with Gasteiger partial charge in [-0.05, 0) is 59.7 Å². The molecule has 2 aliphatic carbocycles. The molecule has 2 fully saturated rings. The molecule has 2 saturated carbocycles. The summed E-state index contributed by atoms with van der Waals surface area (Å²) in [6, 6.07) is 19.7. The maximum atomic E-state index is 12.1. The van der Waals surface area contributed by atoms with Gasteiger partial charge in [0.2, 0.25) is 5.91 Å². The highest BCUT2D eigenvalue weighted by atomic mass is 16.2. The van der Waals surface area contributed by atoms with E-state index >= 15 is 0 Å². The van der Waals surface area contributed by atoms with Crippen LogP contribution in [0.4, 0.5) is 0 Å². The summed E-state index contributed by atoms with van der Waals surface area (Å²) in [6.07, 6.45) is 3.26. The van der Waals surface area contributed by atoms with Crippen molar-refractivity contribution in [2.45, 2.75) is 44.6 Å². The highest BCUT2D eigenvalue weighted by Crippen LogP contribution is 2.54. The molecule has 0 radical (unpaired) electrons. The molecular weight excluding hydrogens is 320 g/mol. The first-order chi connectivity index (χ1) is 12.6. The number of aromatic amines is 1. The number of nitrogens with one attached hydrogen (secondary N) is 2. The van der Waals surface area contributed by atoms with Gasteiger partial charge < -0.3 is 10.3 Å². The van der Waals surface area contributed by atoms with Crippen LogP contribution < -0.4 is 5.32 Å². The molecule has 1 amide bonds. The number of aromatic nitrogens is 1. The minimum atomic E-state index is -0.113. The van der Waals surface area contributed by atoms with Crippen LogP contribution in [0.1, 0.15) is 54.8 Å². The molecule has 3 aromatic rings. The summed E-state index contributed by atoms with van der Waals surface area (Å²) in [5.74, 6) is 1.46. The van der Waals surface area contributed by atoms with Gasteiger partial charge in [0.05, 0.1) is 6.54 Å². The van der Waals surface area contributed by atoms with E-state index in [1.165, 1.54) is 28.5 Å². The third kappa shape index (κ3) is 2.82. The van der Waals surface area contributed by atoms with Crippen LogP contribution in [0, 0.1) is 5.41 Å². The Hall–Kier alpha value is -2.55. The van der Waals surface area contributed by atoms with Crippen molar-refractivity contribution in [3.05, 3.63) is 71.4 Å². The molecule has 2 atom stereocenters. The van der Waals surface area contributed by atoms with Gasteiger partial charge in [0.15, 0.2) is 0 Å². The number of hydrogen-bond donors (Lipinski definition) is 2. The van der Waals surface area contributed by atoms with Crippen molar-refractivity contribution in [3.63, 3.8) is 0 Å². The molecule has 1 heterocycles. The summed E-state index contributed by atoms with van der Waals surface area (Å²) in [7, 11) is 0. The normalized spacial score (nSPS) is 23.0. The second-order valence-electron chi connectivity index (χ2n) is 8.24. The quantitative estimate of drug-likeness (QED) is 0.682. The van der Waals surface area contributed by atoms with Crippen molar-refractivity contribution in [1.29, 1.82) is 0 Å². The highest BCUT2D eigenvalue weighted by molar-refractivity contribution is 5.85. The number of benzene rings is 2. The van der Waals surface area contributed by atoms with Gasteiger partial charge in [0.1, 0.15) is 0 Å². The molecule has 0 bridgehead atoms. The van der Waals surface area contributed by atoms with Gasteiger partial charge in [-0.3, -0.25) is 4.79 Å². The van der Waals surface area contributed by atoms with E-state index in [2.05, 4.69) is 64.9 Å². The Balaban J connectivity index is 1.30. The lowest BCUT2D eigenvalue weighted by Crippen LogP contribution is -2.29. The van der Waals surface area contributed by atoms with E-state index in [0.717, 1.165) is 18.5 Å². The van der Waals surface area contributed by atoms with Crippen molar-refractivity contribution in [2.24, 2.45) is 5.41 Å². The van der Waals surface area contributed by atoms with Crippen molar-refractivity contribution in [2.75, 3.05) is 0 Å². The SMILES string of the molecule is CC1(C(=O)NCc2cc3ccc(C4CC4c4ccccc4)cc3[nH]2)CC1. The Labute approximate surface area is 153 Å². The summed E-state index contributed by atoms with van der Waals surface area (Å²) < 4.78 is 0. The third-order valence-electron chi connectivity index (χ3n) is 6.14. The van der Waals surface area contributed by atoms with Crippen LogP contribution in [0.15, 0.2) is 54.6 Å². The minimum absolute atomic E-state index is 0.113. The smallest absolute Gasteiger partial charge is 0.226 e. The van der Waals surface area contributed by atoms with Gasteiger partial charge in [-0.2, -0.15) is 0 Å². The average Bonchev–Trinajstić information content (AvgIpc) is 3.57. The zero-order chi connectivity index (χ0) is 17.7. The standard InChI is InChI=1S/C23H24N2O/c1-23(9-10-23)22(26)24-14-18-11-17-8-7-16(12-21(17)25-18)20-13-19(20)15-5-3-2-4-6-15/h2-8,11-12,19-20,25H,9-10,13-14H2,1H3,(H,24,26). The van der Waals surface area contributed by atoms with E-state index in [1.807, 2.05) is 6.92 Å². The van der Waals surface area contributed by atoms with Crippen LogP contribution in [-0.4, -0.2) is 10.9 Å². The maximum absolute atomic E-state index is 12.1. The van der Waals surface area contributed by atoms with E-state index in [-0.39, 0.29) is 11.3 Å². The summed E-state index contributed by atoms with van der Waals surface area (Å²) in [5, 5.41) is 4.29. The molecule has 2 aliphatic rings. The Morgan fingerprint density at radius 1 is 1.08 bits per heavy atom. The molecule has 132 valence electrons. The van der Waals surface area contributed by atoms with Crippen molar-refractivity contribution >= 4 is 16.8 Å². The molecule has 2 aromatic carbocycles. The molecule has 2 unspecified atom stereocenters. The molecule has 0 aliphatic heterocycles. The predicted octanol–water partition coefficient (Wildman–Crippen LogP) is 4.86. The molecular formula is C23H24N2O. The number of hydrogen-bond acceptors (Lipinski definition) is 1. The van der Waals surface area contributed by atoms with Gasteiger partial charge in [-0.25, -0.2) is 0 Å². The van der Waals surface area contributed by atoms with Gasteiger partial charge in [0, 0.05) is 16.6 Å². The summed E-state index contributed by atoms with van der Waals surface area (Å²) in [5.41, 5.74) is 4.99. The number of H-pyrrole nitrogens is 1. The van der Waals surface area contributed by atoms with Crippen molar-refractivity contribution in [3.8, 4) is 0 Å². The molecule has 3 nitrogen and oxygen atoms in total. The number of rotatable bonds is 5. The predicted molar refractivity (Wildman–Crippen MR) is 104 cm³/mol. The van der Waals surface area contributed by atoms with Crippen LogP contribution in [0.25, 0.3) is 10.9 Å². The van der Waals surface area contributed by atoms with Gasteiger partial charge in [-0.1, -0.05) is 49.4 Å². The van der Waals surface area contributed by atoms with Crippen LogP contribution >= 0.6 is 0 Å². The summed E-state index contributed by atoms with van der Waals surface area (Å²) in [4.78, 5) is 15.6. The lowest BCUT2D eigenvalue weighted by atomic mass is 10.0. The van der Waals surface area contributed by atoms with Crippen molar-refractivity contribution < 1.29 is 4.79 Å². The van der Waals surface area contributed by atoms with Gasteiger partial charge in [-0.15, -0.1) is 0 Å². The number of carbonyl (C=O) groups is 1. The zero-order valence-corrected chi connectivity index (χ0v) is 15.1. The van der Waals surface area contributed by atoms with Crippen LogP contribution in [0.5, 0.6) is 0 Å². The summed E-state index contributed by atoms with van der Waals surface area (Å²) in [6.45, 7) is 2.62. The fourth-order valence-corrected chi connectivity index (χ4v) is 3.97. The molecule has 3 heteroatoms. The summed E-state index contributed by atoms with van der Waals surface area (Å²) >= 11 is 0. The first-order valence-electron chi connectivity index (χ1n) is 9.57. The van der Waals surface area contributed by atoms with Gasteiger partial charge >= 0.3 is 0 Å². The fourth-order valence-electron chi connectivity index (χ4n) is 3.97. The Bertz CT molecular complexity index is 968. The molecule has 2 N–H and O–H groups in total. The van der Waals surface area contributed by atoms with E-state index < -0.39 is 0 Å². The lowest BCUT2D eigenvalue weighted by molar-refractivity contribution is -0.125. The van der Waals surface area contributed by atoms with E-state index in [4.69, 9.17) is 0 Å². The Morgan fingerprint density at radius 2 is 1.85 bits per heavy atom. The van der Waals surface area contributed by atoms with Crippen LogP contribution in [-0.2, 0) is 11.3 Å². The maximum Gasteiger partial charge on any atom is 0.226 e. The molecule has 26 heavy (non-hydrogen) atoms. The van der Waals surface area contributed by atoms with E-state index in [0.29, 0.717) is 18.4 Å². The monoisotopic (exact) mass is 344 g/mol. The minimum Gasteiger partial charge on any atom is -0.357 e. The largest absolute Gasteiger partial charge is 0.357 e. The van der Waals surface area contributed by atoms with Crippen LogP contribution in [0.3, 0.4) is 0 Å². The van der Waals surface area contributed by atoms with E-state index in [1.54, 1.807) is 0 Å². The zero-order valence-electron chi connectivity index (χ0n) is 15.1.